The Morgan fingerprint density at radius 2 is 1.94 bits per heavy atom. The van der Waals surface area contributed by atoms with Crippen molar-refractivity contribution in [2.75, 3.05) is 5.32 Å². The molecule has 7 heteroatoms. The minimum atomic E-state index is -3.52. The number of primary sulfonamides is 1. The molecule has 3 N–H and O–H groups in total. The number of nitrogens with one attached hydrogen (secondary N) is 1. The molecule has 0 aromatic heterocycles. The summed E-state index contributed by atoms with van der Waals surface area (Å²) in [5, 5.41) is 7.59. The average molecular weight is 321 g/mol. The summed E-state index contributed by atoms with van der Waals surface area (Å²) in [7, 11) is -3.52. The molecule has 0 saturated carbocycles. The SMILES string of the molecule is CC(Br)C(=O)Nc1ccc(CS(N)(=O)=O)cc1. The first-order valence-corrected chi connectivity index (χ1v) is 7.45. The zero-order chi connectivity index (χ0) is 13.1. The Labute approximate surface area is 109 Å². The summed E-state index contributed by atoms with van der Waals surface area (Å²) in [6.07, 6.45) is 0. The maximum atomic E-state index is 11.4. The first-order valence-electron chi connectivity index (χ1n) is 4.82. The van der Waals surface area contributed by atoms with Crippen molar-refractivity contribution in [1.29, 1.82) is 0 Å². The zero-order valence-corrected chi connectivity index (χ0v) is 11.6. The lowest BCUT2D eigenvalue weighted by molar-refractivity contribution is -0.115. The van der Waals surface area contributed by atoms with Crippen molar-refractivity contribution in [2.24, 2.45) is 5.14 Å². The molecule has 1 aromatic rings. The summed E-state index contributed by atoms with van der Waals surface area (Å²) in [5.41, 5.74) is 1.19. The molecule has 1 atom stereocenters. The van der Waals surface area contributed by atoms with Crippen molar-refractivity contribution in [3.05, 3.63) is 29.8 Å². The van der Waals surface area contributed by atoms with Crippen LogP contribution in [0.2, 0.25) is 0 Å². The number of nitrogens with two attached hydrogens (primary N) is 1. The number of carbonyl (C=O) groups is 1. The fraction of sp³-hybridized carbons (Fsp3) is 0.300. The molecule has 0 spiro atoms. The van der Waals surface area contributed by atoms with Gasteiger partial charge in [0.05, 0.1) is 10.6 Å². The monoisotopic (exact) mass is 320 g/mol. The topological polar surface area (TPSA) is 89.3 Å². The molecule has 17 heavy (non-hydrogen) atoms. The maximum Gasteiger partial charge on any atom is 0.237 e. The summed E-state index contributed by atoms with van der Waals surface area (Å²) in [4.78, 5) is 11.1. The van der Waals surface area contributed by atoms with Gasteiger partial charge in [-0.15, -0.1) is 0 Å². The van der Waals surface area contributed by atoms with E-state index < -0.39 is 10.0 Å². The highest BCUT2D eigenvalue weighted by molar-refractivity contribution is 9.10. The number of rotatable bonds is 4. The molecule has 1 amide bonds. The number of sulfonamides is 1. The van der Waals surface area contributed by atoms with E-state index in [9.17, 15) is 13.2 Å². The van der Waals surface area contributed by atoms with Gasteiger partial charge in [-0.2, -0.15) is 0 Å². The Morgan fingerprint density at radius 1 is 1.41 bits per heavy atom. The van der Waals surface area contributed by atoms with Crippen molar-refractivity contribution < 1.29 is 13.2 Å². The lowest BCUT2D eigenvalue weighted by Crippen LogP contribution is -2.19. The second kappa shape index (κ2) is 5.61. The van der Waals surface area contributed by atoms with Crippen LogP contribution >= 0.6 is 15.9 Å². The molecular weight excluding hydrogens is 308 g/mol. The molecule has 0 aliphatic heterocycles. The molecule has 0 aliphatic rings. The third-order valence-corrected chi connectivity index (χ3v) is 3.10. The van der Waals surface area contributed by atoms with Gasteiger partial charge in [0.25, 0.3) is 0 Å². The van der Waals surface area contributed by atoms with Crippen LogP contribution in [0.4, 0.5) is 5.69 Å². The smallest absolute Gasteiger partial charge is 0.237 e. The van der Waals surface area contributed by atoms with Crippen LogP contribution in [0.15, 0.2) is 24.3 Å². The fourth-order valence-electron chi connectivity index (χ4n) is 1.16. The second-order valence-corrected chi connectivity index (χ2v) is 6.60. The third kappa shape index (κ3) is 5.29. The van der Waals surface area contributed by atoms with Gasteiger partial charge in [-0.1, -0.05) is 28.1 Å². The maximum absolute atomic E-state index is 11.4. The van der Waals surface area contributed by atoms with Crippen LogP contribution in [0.1, 0.15) is 12.5 Å². The highest BCUT2D eigenvalue weighted by Gasteiger charge is 2.09. The van der Waals surface area contributed by atoms with Gasteiger partial charge in [-0.25, -0.2) is 13.6 Å². The van der Waals surface area contributed by atoms with Crippen LogP contribution in [-0.2, 0) is 20.6 Å². The van der Waals surface area contributed by atoms with E-state index in [4.69, 9.17) is 5.14 Å². The van der Waals surface area contributed by atoms with Crippen LogP contribution in [-0.4, -0.2) is 19.2 Å². The second-order valence-electron chi connectivity index (χ2n) is 3.61. The third-order valence-electron chi connectivity index (χ3n) is 1.95. The largest absolute Gasteiger partial charge is 0.325 e. The molecule has 1 rings (SSSR count). The van der Waals surface area contributed by atoms with Gasteiger partial charge < -0.3 is 5.32 Å². The highest BCUT2D eigenvalue weighted by atomic mass is 79.9. The van der Waals surface area contributed by atoms with E-state index >= 15 is 0 Å². The molecule has 1 aromatic carbocycles. The highest BCUT2D eigenvalue weighted by Crippen LogP contribution is 2.12. The van der Waals surface area contributed by atoms with Gasteiger partial charge in [0.1, 0.15) is 0 Å². The number of hydrogen-bond acceptors (Lipinski definition) is 3. The number of anilines is 1. The van der Waals surface area contributed by atoms with E-state index in [-0.39, 0.29) is 16.5 Å². The van der Waals surface area contributed by atoms with Gasteiger partial charge in [-0.05, 0) is 24.6 Å². The number of amides is 1. The van der Waals surface area contributed by atoms with E-state index in [1.54, 1.807) is 31.2 Å². The van der Waals surface area contributed by atoms with Crippen molar-refractivity contribution in [2.45, 2.75) is 17.5 Å². The molecule has 0 heterocycles. The molecule has 0 saturated heterocycles. The predicted molar refractivity (Wildman–Crippen MR) is 70.3 cm³/mol. The number of benzene rings is 1. The van der Waals surface area contributed by atoms with Gasteiger partial charge in [0.15, 0.2) is 0 Å². The van der Waals surface area contributed by atoms with Crippen LogP contribution in [0.5, 0.6) is 0 Å². The lowest BCUT2D eigenvalue weighted by Gasteiger charge is -2.07. The molecule has 94 valence electrons. The van der Waals surface area contributed by atoms with Gasteiger partial charge in [-0.3, -0.25) is 4.79 Å². The first kappa shape index (κ1) is 14.1. The number of alkyl halides is 1. The summed E-state index contributed by atoms with van der Waals surface area (Å²) in [5.74, 6) is -0.375. The normalized spacial score (nSPS) is 13.1. The zero-order valence-electron chi connectivity index (χ0n) is 9.18. The standard InChI is InChI=1S/C10H13BrN2O3S/c1-7(11)10(14)13-9-4-2-8(3-5-9)6-17(12,15)16/h2-5,7H,6H2,1H3,(H,13,14)(H2,12,15,16). The lowest BCUT2D eigenvalue weighted by atomic mass is 10.2. The van der Waals surface area contributed by atoms with Crippen LogP contribution < -0.4 is 10.5 Å². The van der Waals surface area contributed by atoms with Gasteiger partial charge >= 0.3 is 0 Å². The summed E-state index contributed by atoms with van der Waals surface area (Å²) < 4.78 is 21.7. The number of hydrogen-bond donors (Lipinski definition) is 2. The van der Waals surface area contributed by atoms with Gasteiger partial charge in [0, 0.05) is 5.69 Å². The van der Waals surface area contributed by atoms with E-state index in [0.29, 0.717) is 11.3 Å². The van der Waals surface area contributed by atoms with Gasteiger partial charge in [0.2, 0.25) is 15.9 Å². The Morgan fingerprint density at radius 3 is 2.35 bits per heavy atom. The minimum absolute atomic E-state index is 0.163. The average Bonchev–Trinajstić information content (AvgIpc) is 2.18. The minimum Gasteiger partial charge on any atom is -0.325 e. The van der Waals surface area contributed by atoms with Crippen LogP contribution in [0.25, 0.3) is 0 Å². The van der Waals surface area contributed by atoms with Crippen LogP contribution in [0.3, 0.4) is 0 Å². The molecule has 5 nitrogen and oxygen atoms in total. The summed E-state index contributed by atoms with van der Waals surface area (Å²) >= 11 is 3.14. The summed E-state index contributed by atoms with van der Waals surface area (Å²) in [6.45, 7) is 1.71. The first-order chi connectivity index (χ1) is 7.78. The van der Waals surface area contributed by atoms with Crippen molar-refractivity contribution in [1.82, 2.24) is 0 Å². The summed E-state index contributed by atoms with van der Waals surface area (Å²) in [6, 6.07) is 6.49. The quantitative estimate of drug-likeness (QED) is 0.817. The van der Waals surface area contributed by atoms with Crippen molar-refractivity contribution >= 4 is 37.5 Å². The fourth-order valence-corrected chi connectivity index (χ4v) is 1.93. The van der Waals surface area contributed by atoms with E-state index in [0.717, 1.165) is 0 Å². The van der Waals surface area contributed by atoms with E-state index in [1.807, 2.05) is 0 Å². The molecule has 0 fully saturated rings. The van der Waals surface area contributed by atoms with Crippen molar-refractivity contribution in [3.63, 3.8) is 0 Å². The Bertz CT molecular complexity index is 497. The molecule has 0 radical (unpaired) electrons. The van der Waals surface area contributed by atoms with Crippen molar-refractivity contribution in [3.8, 4) is 0 Å². The number of carbonyl (C=O) groups excluding carboxylic acids is 1. The predicted octanol–water partition coefficient (Wildman–Crippen LogP) is 1.20. The Balaban J connectivity index is 2.72. The number of halogens is 1. The molecule has 0 bridgehead atoms. The van der Waals surface area contributed by atoms with Crippen LogP contribution in [0, 0.1) is 0 Å². The molecular formula is C10H13BrN2O3S. The Hall–Kier alpha value is -0.920. The van der Waals surface area contributed by atoms with E-state index in [1.165, 1.54) is 0 Å². The Kier molecular flexibility index (Phi) is 4.67. The molecule has 0 aliphatic carbocycles. The molecule has 1 unspecified atom stereocenters. The van der Waals surface area contributed by atoms with E-state index in [2.05, 4.69) is 21.2 Å².